The molecule has 9 nitrogen and oxygen atoms in total. The summed E-state index contributed by atoms with van der Waals surface area (Å²) >= 11 is 0. The van der Waals surface area contributed by atoms with E-state index >= 15 is 0 Å². The predicted octanol–water partition coefficient (Wildman–Crippen LogP) is -0.714. The third-order valence-corrected chi connectivity index (χ3v) is 5.79. The molecule has 0 spiro atoms. The number of non-ortho nitro benzene ring substituents is 1. The first-order chi connectivity index (χ1) is 12.9. The van der Waals surface area contributed by atoms with Crippen LogP contribution in [0.25, 0.3) is 10.8 Å². The maximum Gasteiger partial charge on any atom is 0.277 e. The molecule has 0 bridgehead atoms. The molecule has 0 radical (unpaired) electrons. The number of fused-ring (bicyclic) bond motifs is 1. The Kier molecular flexibility index (Phi) is 7.63. The molecule has 0 aliphatic carbocycles. The average molecular weight is 398 g/mol. The van der Waals surface area contributed by atoms with Crippen molar-refractivity contribution in [3.8, 4) is 0 Å². The molecule has 0 aliphatic heterocycles. The molecule has 10 heteroatoms. The minimum atomic E-state index is -3.83. The van der Waals surface area contributed by atoms with Crippen LogP contribution in [-0.4, -0.2) is 62.9 Å². The summed E-state index contributed by atoms with van der Waals surface area (Å²) in [6, 6.07) is 8.78. The maximum atomic E-state index is 12.7. The van der Waals surface area contributed by atoms with Crippen LogP contribution in [-0.2, 0) is 10.0 Å². The molecule has 2 aromatic carbocycles. The summed E-state index contributed by atoms with van der Waals surface area (Å²) in [4.78, 5) is 11.6. The monoisotopic (exact) mass is 398 g/mol. The van der Waals surface area contributed by atoms with Crippen molar-refractivity contribution in [3.05, 3.63) is 46.5 Å². The van der Waals surface area contributed by atoms with Gasteiger partial charge in [0.2, 0.25) is 10.0 Å². The van der Waals surface area contributed by atoms with E-state index in [0.29, 0.717) is 31.4 Å². The number of sulfonamides is 1. The fourth-order valence-electron chi connectivity index (χ4n) is 2.97. The van der Waals surface area contributed by atoms with E-state index in [1.54, 1.807) is 6.07 Å². The number of nitrogens with one attached hydrogen (secondary N) is 2. The van der Waals surface area contributed by atoms with Gasteiger partial charge in [0.15, 0.2) is 0 Å². The van der Waals surface area contributed by atoms with E-state index in [1.807, 2.05) is 0 Å². The quantitative estimate of drug-likeness (QED) is 0.224. The molecular weight excluding hydrogens is 374 g/mol. The summed E-state index contributed by atoms with van der Waals surface area (Å²) < 4.78 is 27.8. The number of hydrogen-bond donors (Lipinski definition) is 4. The number of aliphatic hydroxyl groups is 2. The van der Waals surface area contributed by atoms with Gasteiger partial charge in [-0.3, -0.25) is 10.1 Å². The molecule has 0 aromatic heterocycles. The largest absolute Gasteiger partial charge is 0.391 e. The van der Waals surface area contributed by atoms with Crippen LogP contribution in [0.2, 0.25) is 0 Å². The highest BCUT2D eigenvalue weighted by atomic mass is 32.2. The van der Waals surface area contributed by atoms with Crippen LogP contribution in [0.3, 0.4) is 0 Å². The molecule has 148 valence electrons. The Morgan fingerprint density at radius 2 is 1.63 bits per heavy atom. The average Bonchev–Trinajstić information content (AvgIpc) is 2.64. The van der Waals surface area contributed by atoms with Gasteiger partial charge >= 0.3 is 0 Å². The summed E-state index contributed by atoms with van der Waals surface area (Å²) in [6.45, 7) is 1.75. The lowest BCUT2D eigenvalue weighted by molar-refractivity contribution is -0.900. The van der Waals surface area contributed by atoms with Crippen molar-refractivity contribution in [2.75, 3.05) is 39.4 Å². The van der Waals surface area contributed by atoms with Gasteiger partial charge in [-0.25, -0.2) is 13.1 Å². The first-order valence-electron chi connectivity index (χ1n) is 8.62. The Balaban J connectivity index is 2.13. The Morgan fingerprint density at radius 1 is 1.00 bits per heavy atom. The number of benzene rings is 2. The van der Waals surface area contributed by atoms with Crippen molar-refractivity contribution in [2.45, 2.75) is 11.3 Å². The molecule has 0 saturated carbocycles. The van der Waals surface area contributed by atoms with Crippen LogP contribution >= 0.6 is 0 Å². The molecular formula is C17H24N3O6S+. The summed E-state index contributed by atoms with van der Waals surface area (Å²) in [5.74, 6) is 0. The van der Waals surface area contributed by atoms with Crippen molar-refractivity contribution in [3.63, 3.8) is 0 Å². The summed E-state index contributed by atoms with van der Waals surface area (Å²) in [5, 5.41) is 29.7. The van der Waals surface area contributed by atoms with E-state index in [1.165, 1.54) is 30.3 Å². The standard InChI is InChI=1S/C17H23N3O6S/c21-12-10-19(11-13-22)9-3-8-18-27(25,26)17-7-2-4-14-15(17)5-1-6-16(14)20(23)24/h1-2,4-7,18,21-22H,3,8-13H2/p+1. The van der Waals surface area contributed by atoms with E-state index in [4.69, 9.17) is 10.2 Å². The van der Waals surface area contributed by atoms with Crippen LogP contribution in [0.15, 0.2) is 41.3 Å². The Labute approximate surface area is 157 Å². The van der Waals surface area contributed by atoms with Crippen LogP contribution in [0.5, 0.6) is 0 Å². The van der Waals surface area contributed by atoms with Crippen LogP contribution < -0.4 is 9.62 Å². The second-order valence-electron chi connectivity index (χ2n) is 6.08. The normalized spacial score (nSPS) is 12.0. The van der Waals surface area contributed by atoms with Gasteiger partial charge in [-0.15, -0.1) is 0 Å². The van der Waals surface area contributed by atoms with Gasteiger partial charge < -0.3 is 15.1 Å². The summed E-state index contributed by atoms with van der Waals surface area (Å²) in [6.07, 6.45) is 0.527. The molecule has 2 aromatic rings. The third kappa shape index (κ3) is 5.44. The van der Waals surface area contributed by atoms with Gasteiger partial charge in [0.1, 0.15) is 13.1 Å². The van der Waals surface area contributed by atoms with Gasteiger partial charge in [-0.2, -0.15) is 0 Å². The molecule has 2 rings (SSSR count). The van der Waals surface area contributed by atoms with Crippen molar-refractivity contribution < 1.29 is 28.5 Å². The molecule has 0 unspecified atom stereocenters. The number of nitro groups is 1. The van der Waals surface area contributed by atoms with Crippen LogP contribution in [0, 0.1) is 10.1 Å². The second-order valence-corrected chi connectivity index (χ2v) is 7.82. The molecule has 0 aliphatic rings. The Morgan fingerprint density at radius 3 is 2.26 bits per heavy atom. The van der Waals surface area contributed by atoms with E-state index in [0.717, 1.165) is 4.90 Å². The van der Waals surface area contributed by atoms with Crippen molar-refractivity contribution in [1.29, 1.82) is 0 Å². The smallest absolute Gasteiger partial charge is 0.277 e. The van der Waals surface area contributed by atoms with Gasteiger partial charge in [0, 0.05) is 24.4 Å². The van der Waals surface area contributed by atoms with Gasteiger partial charge in [-0.1, -0.05) is 18.2 Å². The first-order valence-corrected chi connectivity index (χ1v) is 10.1. The highest BCUT2D eigenvalue weighted by Gasteiger charge is 2.20. The third-order valence-electron chi connectivity index (χ3n) is 4.28. The first kappa shape index (κ1) is 21.2. The van der Waals surface area contributed by atoms with Gasteiger partial charge in [0.25, 0.3) is 5.69 Å². The van der Waals surface area contributed by atoms with Crippen molar-refractivity contribution >= 4 is 26.5 Å². The Bertz CT molecular complexity index is 881. The zero-order valence-electron chi connectivity index (χ0n) is 14.8. The summed E-state index contributed by atoms with van der Waals surface area (Å²) in [7, 11) is -3.83. The lowest BCUT2D eigenvalue weighted by Crippen LogP contribution is -3.13. The highest BCUT2D eigenvalue weighted by Crippen LogP contribution is 2.29. The number of rotatable bonds is 11. The summed E-state index contributed by atoms with van der Waals surface area (Å²) in [5.41, 5.74) is -0.142. The lowest BCUT2D eigenvalue weighted by atomic mass is 10.1. The van der Waals surface area contributed by atoms with Crippen molar-refractivity contribution in [2.24, 2.45) is 0 Å². The van der Waals surface area contributed by atoms with E-state index in [9.17, 15) is 18.5 Å². The molecule has 0 heterocycles. The zero-order chi connectivity index (χ0) is 19.9. The second kappa shape index (κ2) is 9.72. The number of hydrogen-bond acceptors (Lipinski definition) is 6. The van der Waals surface area contributed by atoms with E-state index in [-0.39, 0.29) is 35.7 Å². The van der Waals surface area contributed by atoms with Crippen molar-refractivity contribution in [1.82, 2.24) is 4.72 Å². The van der Waals surface area contributed by atoms with E-state index in [2.05, 4.69) is 4.72 Å². The fourth-order valence-corrected chi connectivity index (χ4v) is 4.27. The Hall–Kier alpha value is -2.11. The maximum absolute atomic E-state index is 12.7. The van der Waals surface area contributed by atoms with Gasteiger partial charge in [0.05, 0.1) is 35.0 Å². The minimum absolute atomic E-state index is 0.00128. The lowest BCUT2D eigenvalue weighted by Gasteiger charge is -2.17. The number of quaternary nitrogens is 1. The number of aliphatic hydroxyl groups excluding tert-OH is 2. The highest BCUT2D eigenvalue weighted by molar-refractivity contribution is 7.89. The molecule has 4 N–H and O–H groups in total. The molecule has 0 amide bonds. The van der Waals surface area contributed by atoms with E-state index < -0.39 is 14.9 Å². The molecule has 27 heavy (non-hydrogen) atoms. The van der Waals surface area contributed by atoms with Crippen LogP contribution in [0.4, 0.5) is 5.69 Å². The molecule has 0 atom stereocenters. The molecule has 0 saturated heterocycles. The fraction of sp³-hybridized carbons (Fsp3) is 0.412. The van der Waals surface area contributed by atoms with Crippen LogP contribution in [0.1, 0.15) is 6.42 Å². The number of nitro benzene ring substituents is 1. The molecule has 0 fully saturated rings. The SMILES string of the molecule is O=[N+]([O-])c1cccc2c(S(=O)(=O)NCCC[NH+](CCO)CCO)cccc12. The number of nitrogens with zero attached hydrogens (tertiary/aromatic N) is 1. The predicted molar refractivity (Wildman–Crippen MR) is 100 cm³/mol. The zero-order valence-corrected chi connectivity index (χ0v) is 15.6. The minimum Gasteiger partial charge on any atom is -0.391 e. The van der Waals surface area contributed by atoms with Gasteiger partial charge in [-0.05, 0) is 12.1 Å². The topological polar surface area (TPSA) is 134 Å².